The van der Waals surface area contributed by atoms with E-state index >= 15 is 0 Å². The van der Waals surface area contributed by atoms with Gasteiger partial charge in [-0.15, -0.1) is 0 Å². The molecule has 0 amide bonds. The zero-order chi connectivity index (χ0) is 26.7. The fourth-order valence-electron chi connectivity index (χ4n) is 5.86. The van der Waals surface area contributed by atoms with Gasteiger partial charge in [-0.05, 0) is 48.6 Å². The second-order valence-electron chi connectivity index (χ2n) is 11.1. The minimum atomic E-state index is -0.627. The summed E-state index contributed by atoms with van der Waals surface area (Å²) in [7, 11) is 0. The van der Waals surface area contributed by atoms with Crippen molar-refractivity contribution in [2.24, 2.45) is 5.92 Å². The number of phenols is 2. The van der Waals surface area contributed by atoms with Gasteiger partial charge >= 0.3 is 5.97 Å². The average molecular weight is 511 g/mol. The molecule has 0 fully saturated rings. The summed E-state index contributed by atoms with van der Waals surface area (Å²) in [6, 6.07) is 12.9. The Labute approximate surface area is 222 Å². The van der Waals surface area contributed by atoms with E-state index in [1.54, 1.807) is 24.3 Å². The van der Waals surface area contributed by atoms with E-state index in [4.69, 9.17) is 4.74 Å². The van der Waals surface area contributed by atoms with Crippen LogP contribution < -0.4 is 4.74 Å². The zero-order valence-electron chi connectivity index (χ0n) is 22.8. The first-order chi connectivity index (χ1) is 17.8. The van der Waals surface area contributed by atoms with Crippen LogP contribution in [0.15, 0.2) is 42.5 Å². The van der Waals surface area contributed by atoms with Crippen molar-refractivity contribution in [3.63, 3.8) is 0 Å². The molecular formula is C32H46O5. The van der Waals surface area contributed by atoms with Crippen molar-refractivity contribution in [2.45, 2.75) is 109 Å². The highest BCUT2D eigenvalue weighted by atomic mass is 16.5. The van der Waals surface area contributed by atoms with E-state index in [9.17, 15) is 20.1 Å². The molecule has 204 valence electrons. The number of aliphatic carboxylic acids is 1. The Kier molecular flexibility index (Phi) is 11.2. The molecule has 0 spiro atoms. The summed E-state index contributed by atoms with van der Waals surface area (Å²) in [6.07, 6.45) is 13.9. The van der Waals surface area contributed by atoms with Gasteiger partial charge < -0.3 is 20.1 Å². The molecule has 2 aromatic carbocycles. The van der Waals surface area contributed by atoms with Crippen molar-refractivity contribution in [1.82, 2.24) is 0 Å². The second kappa shape index (κ2) is 14.3. The molecule has 0 saturated carbocycles. The first-order valence-electron chi connectivity index (χ1n) is 14.3. The van der Waals surface area contributed by atoms with Gasteiger partial charge in [0.25, 0.3) is 0 Å². The van der Waals surface area contributed by atoms with Gasteiger partial charge in [-0.25, -0.2) is 0 Å². The number of fused-ring (bicyclic) bond motifs is 1. The zero-order valence-corrected chi connectivity index (χ0v) is 22.8. The normalized spacial score (nSPS) is 19.7. The molecule has 1 aliphatic rings. The fourth-order valence-corrected chi connectivity index (χ4v) is 5.86. The van der Waals surface area contributed by atoms with Gasteiger partial charge in [0.1, 0.15) is 17.2 Å². The SMILES string of the molecule is CCCCCCC(CCCCCCCC[C@@H]1c2ccc(O)cc2OC[C@]1(C)c1ccc(O)cc1)C(=O)O. The summed E-state index contributed by atoms with van der Waals surface area (Å²) in [6.45, 7) is 4.94. The Morgan fingerprint density at radius 1 is 0.892 bits per heavy atom. The lowest BCUT2D eigenvalue weighted by molar-refractivity contribution is -0.142. The summed E-state index contributed by atoms with van der Waals surface area (Å²) in [5, 5.41) is 29.3. The molecule has 5 heteroatoms. The van der Waals surface area contributed by atoms with Crippen LogP contribution >= 0.6 is 0 Å². The number of ether oxygens (including phenoxy) is 1. The lowest BCUT2D eigenvalue weighted by atomic mass is 9.66. The smallest absolute Gasteiger partial charge is 0.306 e. The number of phenolic OH excluding ortho intramolecular Hbond substituents is 2. The van der Waals surface area contributed by atoms with Gasteiger partial charge in [-0.3, -0.25) is 4.79 Å². The molecule has 0 saturated heterocycles. The summed E-state index contributed by atoms with van der Waals surface area (Å²) in [4.78, 5) is 11.6. The van der Waals surface area contributed by atoms with Crippen molar-refractivity contribution >= 4 is 5.97 Å². The molecule has 2 aromatic rings. The van der Waals surface area contributed by atoms with Gasteiger partial charge in [0.05, 0.1) is 12.5 Å². The molecule has 37 heavy (non-hydrogen) atoms. The topological polar surface area (TPSA) is 87.0 Å². The minimum Gasteiger partial charge on any atom is -0.508 e. The average Bonchev–Trinajstić information content (AvgIpc) is 2.88. The standard InChI is InChI=1S/C32H46O5/c1-3-4-5-10-13-24(31(35)36)14-11-8-6-7-9-12-15-29-28-21-20-27(34)22-30(28)37-23-32(29,2)25-16-18-26(33)19-17-25/h16-22,24,29,33-34H,3-15,23H2,1-2H3,(H,35,36)/t24?,29-,32-/m1/s1. The van der Waals surface area contributed by atoms with Gasteiger partial charge in [-0.1, -0.05) is 96.3 Å². The first-order valence-corrected chi connectivity index (χ1v) is 14.3. The van der Waals surface area contributed by atoms with E-state index in [0.29, 0.717) is 6.61 Å². The number of aromatic hydroxyl groups is 2. The van der Waals surface area contributed by atoms with E-state index in [0.717, 1.165) is 87.5 Å². The molecule has 0 aliphatic carbocycles. The number of hydrogen-bond acceptors (Lipinski definition) is 4. The lowest BCUT2D eigenvalue weighted by Gasteiger charge is -2.43. The highest BCUT2D eigenvalue weighted by molar-refractivity contribution is 5.69. The van der Waals surface area contributed by atoms with Crippen molar-refractivity contribution in [2.75, 3.05) is 6.61 Å². The number of carbonyl (C=O) groups is 1. The van der Waals surface area contributed by atoms with Crippen molar-refractivity contribution in [1.29, 1.82) is 0 Å². The van der Waals surface area contributed by atoms with Crippen LogP contribution in [-0.4, -0.2) is 27.9 Å². The Balaban J connectivity index is 1.48. The third kappa shape index (κ3) is 8.15. The fraction of sp³-hybridized carbons (Fsp3) is 0.594. The monoisotopic (exact) mass is 510 g/mol. The number of carboxylic acids is 1. The van der Waals surface area contributed by atoms with Crippen LogP contribution in [0.25, 0.3) is 0 Å². The molecule has 5 nitrogen and oxygen atoms in total. The molecular weight excluding hydrogens is 464 g/mol. The Morgan fingerprint density at radius 3 is 2.14 bits per heavy atom. The predicted molar refractivity (Wildman–Crippen MR) is 149 cm³/mol. The molecule has 3 atom stereocenters. The van der Waals surface area contributed by atoms with E-state index < -0.39 is 5.97 Å². The molecule has 0 aromatic heterocycles. The van der Waals surface area contributed by atoms with Crippen LogP contribution in [0.1, 0.15) is 114 Å². The van der Waals surface area contributed by atoms with Crippen molar-refractivity contribution in [3.05, 3.63) is 53.6 Å². The predicted octanol–water partition coefficient (Wildman–Crippen LogP) is 8.32. The van der Waals surface area contributed by atoms with Crippen molar-refractivity contribution < 1.29 is 24.9 Å². The lowest BCUT2D eigenvalue weighted by Crippen LogP contribution is -2.40. The Bertz CT molecular complexity index is 970. The summed E-state index contributed by atoms with van der Waals surface area (Å²) < 4.78 is 6.11. The summed E-state index contributed by atoms with van der Waals surface area (Å²) in [5.74, 6) is 0.698. The minimum absolute atomic E-state index is 0.178. The van der Waals surface area contributed by atoms with Crippen LogP contribution in [-0.2, 0) is 10.2 Å². The quantitative estimate of drug-likeness (QED) is 0.198. The molecule has 1 heterocycles. The van der Waals surface area contributed by atoms with Crippen LogP contribution in [0.2, 0.25) is 0 Å². The molecule has 0 bridgehead atoms. The van der Waals surface area contributed by atoms with Gasteiger partial charge in [0.2, 0.25) is 0 Å². The number of unbranched alkanes of at least 4 members (excludes halogenated alkanes) is 8. The molecule has 3 rings (SSSR count). The largest absolute Gasteiger partial charge is 0.508 e. The first kappa shape index (κ1) is 28.9. The van der Waals surface area contributed by atoms with Crippen LogP contribution in [0.4, 0.5) is 0 Å². The third-order valence-corrected chi connectivity index (χ3v) is 8.25. The Hall–Kier alpha value is -2.69. The van der Waals surface area contributed by atoms with Crippen LogP contribution in [0.3, 0.4) is 0 Å². The summed E-state index contributed by atoms with van der Waals surface area (Å²) >= 11 is 0. The van der Waals surface area contributed by atoms with E-state index in [2.05, 4.69) is 13.8 Å². The van der Waals surface area contributed by atoms with Crippen LogP contribution in [0, 0.1) is 5.92 Å². The third-order valence-electron chi connectivity index (χ3n) is 8.25. The maximum Gasteiger partial charge on any atom is 0.306 e. The van der Waals surface area contributed by atoms with E-state index in [-0.39, 0.29) is 28.7 Å². The molecule has 0 radical (unpaired) electrons. The van der Waals surface area contributed by atoms with Gasteiger partial charge in [-0.2, -0.15) is 0 Å². The number of benzene rings is 2. The van der Waals surface area contributed by atoms with Crippen molar-refractivity contribution in [3.8, 4) is 17.2 Å². The van der Waals surface area contributed by atoms with Crippen LogP contribution in [0.5, 0.6) is 17.2 Å². The van der Waals surface area contributed by atoms with Gasteiger partial charge in [0.15, 0.2) is 0 Å². The second-order valence-corrected chi connectivity index (χ2v) is 11.1. The van der Waals surface area contributed by atoms with Gasteiger partial charge in [0, 0.05) is 17.4 Å². The molecule has 1 unspecified atom stereocenters. The molecule has 1 aliphatic heterocycles. The number of rotatable bonds is 16. The number of hydrogen-bond donors (Lipinski definition) is 3. The van der Waals surface area contributed by atoms with E-state index in [1.807, 2.05) is 18.2 Å². The highest BCUT2D eigenvalue weighted by Crippen LogP contribution is 2.49. The van der Waals surface area contributed by atoms with E-state index in [1.165, 1.54) is 12.8 Å². The summed E-state index contributed by atoms with van der Waals surface area (Å²) in [5.41, 5.74) is 2.07. The maximum atomic E-state index is 11.6. The number of carboxylic acid groups (broad SMARTS) is 1. The molecule has 3 N–H and O–H groups in total. The Morgan fingerprint density at radius 2 is 1.49 bits per heavy atom. The maximum absolute atomic E-state index is 11.6. The highest BCUT2D eigenvalue weighted by Gasteiger charge is 2.42.